The van der Waals surface area contributed by atoms with Crippen molar-refractivity contribution in [1.82, 2.24) is 4.90 Å². The minimum atomic E-state index is -0.290. The van der Waals surface area contributed by atoms with Gasteiger partial charge in [-0.2, -0.15) is 0 Å². The number of amides is 1. The van der Waals surface area contributed by atoms with Gasteiger partial charge in [0.15, 0.2) is 11.5 Å². The van der Waals surface area contributed by atoms with Crippen molar-refractivity contribution in [3.63, 3.8) is 0 Å². The highest BCUT2D eigenvalue weighted by molar-refractivity contribution is 5.80. The Labute approximate surface area is 152 Å². The molecule has 0 fully saturated rings. The molecule has 0 N–H and O–H groups in total. The second kappa shape index (κ2) is 8.04. The van der Waals surface area contributed by atoms with Gasteiger partial charge in [0, 0.05) is 13.1 Å². The number of methoxy groups -OCH3 is 1. The van der Waals surface area contributed by atoms with E-state index in [0.29, 0.717) is 37.6 Å². The first kappa shape index (κ1) is 18.0. The average Bonchev–Trinajstić information content (AvgIpc) is 2.67. The van der Waals surface area contributed by atoms with E-state index < -0.39 is 0 Å². The molecule has 1 aliphatic heterocycles. The van der Waals surface area contributed by atoms with Crippen LogP contribution in [-0.2, 0) is 17.8 Å². The lowest BCUT2D eigenvalue weighted by molar-refractivity contribution is -0.137. The van der Waals surface area contributed by atoms with Crippen LogP contribution in [0.1, 0.15) is 11.1 Å². The number of fused-ring (bicyclic) bond motifs is 1. The number of carbonyl (C=O) groups excluding carboxylic acids is 1. The smallest absolute Gasteiger partial charge is 0.230 e. The molecule has 1 amide bonds. The van der Waals surface area contributed by atoms with Gasteiger partial charge in [0.05, 0.1) is 13.0 Å². The number of benzene rings is 2. The van der Waals surface area contributed by atoms with Crippen LogP contribution in [0.5, 0.6) is 11.5 Å². The first-order valence-electron chi connectivity index (χ1n) is 8.55. The van der Waals surface area contributed by atoms with Gasteiger partial charge in [0.2, 0.25) is 5.91 Å². The van der Waals surface area contributed by atoms with Crippen LogP contribution in [0.25, 0.3) is 0 Å². The number of halogens is 1. The molecule has 5 heteroatoms. The molecule has 0 aliphatic carbocycles. The summed E-state index contributed by atoms with van der Waals surface area (Å²) in [6.45, 7) is 4.89. The number of ether oxygens (including phenoxy) is 2. The molecule has 0 bridgehead atoms. The molecular weight excluding hydrogens is 333 g/mol. The lowest BCUT2D eigenvalue weighted by atomic mass is 9.95. The summed E-state index contributed by atoms with van der Waals surface area (Å²) >= 11 is 0. The Kier molecular flexibility index (Phi) is 5.56. The predicted molar refractivity (Wildman–Crippen MR) is 97.7 cm³/mol. The molecule has 0 saturated carbocycles. The van der Waals surface area contributed by atoms with Crippen LogP contribution in [0.4, 0.5) is 4.39 Å². The maximum atomic E-state index is 13.1. The van der Waals surface area contributed by atoms with E-state index in [-0.39, 0.29) is 17.6 Å². The van der Waals surface area contributed by atoms with Crippen LogP contribution in [0.2, 0.25) is 0 Å². The highest BCUT2D eigenvalue weighted by Crippen LogP contribution is 2.36. The minimum Gasteiger partial charge on any atom is -0.493 e. The van der Waals surface area contributed by atoms with Crippen LogP contribution < -0.4 is 9.47 Å². The van der Waals surface area contributed by atoms with Gasteiger partial charge >= 0.3 is 0 Å². The molecule has 2 aromatic rings. The van der Waals surface area contributed by atoms with E-state index in [1.807, 2.05) is 18.2 Å². The minimum absolute atomic E-state index is 0.00250. The molecule has 4 nitrogen and oxygen atoms in total. The summed E-state index contributed by atoms with van der Waals surface area (Å²) in [5, 5.41) is 0. The van der Waals surface area contributed by atoms with E-state index in [1.165, 1.54) is 12.1 Å². The first-order chi connectivity index (χ1) is 12.6. The second-order valence-electron chi connectivity index (χ2n) is 6.29. The van der Waals surface area contributed by atoms with E-state index in [9.17, 15) is 9.18 Å². The van der Waals surface area contributed by atoms with E-state index in [4.69, 9.17) is 9.47 Å². The Bertz CT molecular complexity index is 788. The van der Waals surface area contributed by atoms with Crippen LogP contribution in [0, 0.1) is 11.7 Å². The standard InChI is InChI=1S/C21H22FNO3/c1-3-11-23(13-15-7-9-18(22)10-8-15)21(24)17-12-16-5-4-6-19(25-2)20(16)26-14-17/h3-10,17H,1,11-14H2,2H3. The summed E-state index contributed by atoms with van der Waals surface area (Å²) in [4.78, 5) is 14.7. The highest BCUT2D eigenvalue weighted by Gasteiger charge is 2.30. The van der Waals surface area contributed by atoms with E-state index in [0.717, 1.165) is 11.1 Å². The van der Waals surface area contributed by atoms with Crippen molar-refractivity contribution >= 4 is 5.91 Å². The fourth-order valence-electron chi connectivity index (χ4n) is 3.17. The number of nitrogens with zero attached hydrogens (tertiary/aromatic N) is 1. The summed E-state index contributed by atoms with van der Waals surface area (Å²) in [6, 6.07) is 11.9. The molecule has 136 valence electrons. The molecule has 1 aliphatic rings. The lowest BCUT2D eigenvalue weighted by Crippen LogP contribution is -2.40. The van der Waals surface area contributed by atoms with Crippen LogP contribution >= 0.6 is 0 Å². The van der Waals surface area contributed by atoms with Crippen molar-refractivity contribution < 1.29 is 18.7 Å². The molecular formula is C21H22FNO3. The Morgan fingerprint density at radius 1 is 1.35 bits per heavy atom. The highest BCUT2D eigenvalue weighted by atomic mass is 19.1. The fourth-order valence-corrected chi connectivity index (χ4v) is 3.17. The zero-order chi connectivity index (χ0) is 18.5. The Hall–Kier alpha value is -2.82. The van der Waals surface area contributed by atoms with Crippen molar-refractivity contribution in [2.24, 2.45) is 5.92 Å². The number of hydrogen-bond donors (Lipinski definition) is 0. The maximum Gasteiger partial charge on any atom is 0.230 e. The summed E-state index contributed by atoms with van der Waals surface area (Å²) in [5.41, 5.74) is 1.84. The summed E-state index contributed by atoms with van der Waals surface area (Å²) in [7, 11) is 1.60. The first-order valence-corrected chi connectivity index (χ1v) is 8.55. The Morgan fingerprint density at radius 2 is 2.12 bits per heavy atom. The average molecular weight is 355 g/mol. The number of carbonyl (C=O) groups is 1. The van der Waals surface area contributed by atoms with Gasteiger partial charge in [0.25, 0.3) is 0 Å². The lowest BCUT2D eigenvalue weighted by Gasteiger charge is -2.30. The molecule has 0 spiro atoms. The van der Waals surface area contributed by atoms with Crippen molar-refractivity contribution in [2.75, 3.05) is 20.3 Å². The molecule has 2 aromatic carbocycles. The monoisotopic (exact) mass is 355 g/mol. The van der Waals surface area contributed by atoms with Gasteiger partial charge in [-0.25, -0.2) is 4.39 Å². The Balaban J connectivity index is 1.75. The third-order valence-electron chi connectivity index (χ3n) is 4.47. The molecule has 0 aromatic heterocycles. The SMILES string of the molecule is C=CCN(Cc1ccc(F)cc1)C(=O)C1COc2c(cccc2OC)C1. The van der Waals surface area contributed by atoms with Crippen LogP contribution in [0.15, 0.2) is 55.1 Å². The molecule has 0 saturated heterocycles. The molecule has 1 unspecified atom stereocenters. The van der Waals surface area contributed by atoms with Gasteiger partial charge in [-0.15, -0.1) is 6.58 Å². The van der Waals surface area contributed by atoms with Crippen molar-refractivity contribution in [3.8, 4) is 11.5 Å². The topological polar surface area (TPSA) is 38.8 Å². The zero-order valence-corrected chi connectivity index (χ0v) is 14.8. The molecule has 3 rings (SSSR count). The third kappa shape index (κ3) is 3.87. The zero-order valence-electron chi connectivity index (χ0n) is 14.8. The van der Waals surface area contributed by atoms with Crippen LogP contribution in [-0.4, -0.2) is 31.1 Å². The van der Waals surface area contributed by atoms with Crippen molar-refractivity contribution in [1.29, 1.82) is 0 Å². The van der Waals surface area contributed by atoms with E-state index in [1.54, 1.807) is 30.2 Å². The maximum absolute atomic E-state index is 13.1. The quantitative estimate of drug-likeness (QED) is 0.743. The van der Waals surface area contributed by atoms with E-state index >= 15 is 0 Å². The molecule has 1 heterocycles. The molecule has 1 atom stereocenters. The van der Waals surface area contributed by atoms with Gasteiger partial charge in [0.1, 0.15) is 12.4 Å². The van der Waals surface area contributed by atoms with Crippen molar-refractivity contribution in [3.05, 3.63) is 72.1 Å². The van der Waals surface area contributed by atoms with Gasteiger partial charge in [-0.05, 0) is 35.7 Å². The number of hydrogen-bond acceptors (Lipinski definition) is 3. The van der Waals surface area contributed by atoms with Gasteiger partial charge in [-0.1, -0.05) is 30.3 Å². The number of para-hydroxylation sites is 1. The third-order valence-corrected chi connectivity index (χ3v) is 4.47. The summed E-state index contributed by atoms with van der Waals surface area (Å²) in [6.07, 6.45) is 2.30. The van der Waals surface area contributed by atoms with E-state index in [2.05, 4.69) is 6.58 Å². The normalized spacial score (nSPS) is 15.5. The van der Waals surface area contributed by atoms with Crippen molar-refractivity contribution in [2.45, 2.75) is 13.0 Å². The Morgan fingerprint density at radius 3 is 2.81 bits per heavy atom. The number of rotatable bonds is 6. The predicted octanol–water partition coefficient (Wildman–Crippen LogP) is 3.60. The van der Waals surface area contributed by atoms with Gasteiger partial charge < -0.3 is 14.4 Å². The summed E-state index contributed by atoms with van der Waals surface area (Å²) < 4.78 is 24.2. The fraction of sp³-hybridized carbons (Fsp3) is 0.286. The van der Waals surface area contributed by atoms with Crippen LogP contribution in [0.3, 0.4) is 0 Å². The molecule has 0 radical (unpaired) electrons. The summed E-state index contributed by atoms with van der Waals surface area (Å²) in [5.74, 6) is 0.842. The van der Waals surface area contributed by atoms with Gasteiger partial charge in [-0.3, -0.25) is 4.79 Å². The second-order valence-corrected chi connectivity index (χ2v) is 6.29. The largest absolute Gasteiger partial charge is 0.493 e. The molecule has 26 heavy (non-hydrogen) atoms.